The fraction of sp³-hybridized carbons (Fsp3) is 0.0500. The predicted molar refractivity (Wildman–Crippen MR) is 113 cm³/mol. The Morgan fingerprint density at radius 3 is 2.35 bits per heavy atom. The van der Waals surface area contributed by atoms with E-state index in [9.17, 15) is 4.79 Å². The summed E-state index contributed by atoms with van der Waals surface area (Å²) in [5.41, 5.74) is 3.25. The van der Waals surface area contributed by atoms with Crippen LogP contribution < -0.4 is 10.5 Å². The Morgan fingerprint density at radius 2 is 1.69 bits per heavy atom. The first-order chi connectivity index (χ1) is 12.6. The van der Waals surface area contributed by atoms with Crippen molar-refractivity contribution < 1.29 is 4.79 Å². The maximum absolute atomic E-state index is 12.5. The number of thioether (sulfide) groups is 1. The van der Waals surface area contributed by atoms with Gasteiger partial charge in [-0.25, -0.2) is 0 Å². The lowest BCUT2D eigenvalue weighted by Gasteiger charge is -2.10. The standard InChI is InChI=1S/C20H17ClN2OS2/c1-25-17-9-10-18(19(21)12-17)20(24)23-15-4-2-3-14(11-15)13-5-7-16(26-22)8-6-13/h2-12H,22H2,1H3,(H,23,24). The van der Waals surface area contributed by atoms with Crippen molar-refractivity contribution in [1.29, 1.82) is 0 Å². The molecule has 0 atom stereocenters. The van der Waals surface area contributed by atoms with Crippen molar-refractivity contribution in [3.8, 4) is 11.1 Å². The van der Waals surface area contributed by atoms with Crippen LogP contribution in [0.4, 0.5) is 5.69 Å². The number of carbonyl (C=O) groups excluding carboxylic acids is 1. The molecule has 0 aliphatic rings. The molecule has 0 bridgehead atoms. The Bertz CT molecular complexity index is 929. The molecule has 0 saturated carbocycles. The van der Waals surface area contributed by atoms with E-state index < -0.39 is 0 Å². The van der Waals surface area contributed by atoms with Crippen LogP contribution >= 0.6 is 35.3 Å². The van der Waals surface area contributed by atoms with E-state index in [1.54, 1.807) is 23.9 Å². The molecule has 1 amide bonds. The monoisotopic (exact) mass is 400 g/mol. The molecule has 3 N–H and O–H groups in total. The van der Waals surface area contributed by atoms with Gasteiger partial charge in [0.25, 0.3) is 5.91 Å². The fourth-order valence-corrected chi connectivity index (χ4v) is 3.57. The van der Waals surface area contributed by atoms with Crippen molar-refractivity contribution in [3.63, 3.8) is 0 Å². The van der Waals surface area contributed by atoms with Crippen molar-refractivity contribution in [2.45, 2.75) is 9.79 Å². The van der Waals surface area contributed by atoms with Crippen molar-refractivity contribution in [1.82, 2.24) is 0 Å². The summed E-state index contributed by atoms with van der Waals surface area (Å²) in [4.78, 5) is 14.6. The van der Waals surface area contributed by atoms with Crippen LogP contribution in [0.5, 0.6) is 0 Å². The van der Waals surface area contributed by atoms with E-state index in [4.69, 9.17) is 16.7 Å². The molecule has 0 unspecified atom stereocenters. The number of carbonyl (C=O) groups is 1. The Balaban J connectivity index is 1.81. The zero-order chi connectivity index (χ0) is 18.5. The molecular weight excluding hydrogens is 384 g/mol. The first-order valence-electron chi connectivity index (χ1n) is 7.83. The summed E-state index contributed by atoms with van der Waals surface area (Å²) in [7, 11) is 0. The number of benzene rings is 3. The highest BCUT2D eigenvalue weighted by molar-refractivity contribution is 7.98. The van der Waals surface area contributed by atoms with Crippen molar-refractivity contribution >= 4 is 46.9 Å². The van der Waals surface area contributed by atoms with E-state index in [0.717, 1.165) is 26.6 Å². The molecule has 0 saturated heterocycles. The average Bonchev–Trinajstić information content (AvgIpc) is 2.68. The van der Waals surface area contributed by atoms with Gasteiger partial charge in [-0.3, -0.25) is 9.93 Å². The normalized spacial score (nSPS) is 10.6. The maximum Gasteiger partial charge on any atom is 0.257 e. The lowest BCUT2D eigenvalue weighted by Crippen LogP contribution is -2.12. The summed E-state index contributed by atoms with van der Waals surface area (Å²) in [5.74, 6) is -0.227. The number of nitrogens with one attached hydrogen (secondary N) is 1. The van der Waals surface area contributed by atoms with Crippen LogP contribution in [-0.2, 0) is 0 Å². The number of hydrogen-bond donors (Lipinski definition) is 2. The Hall–Kier alpha value is -1.92. The molecule has 0 radical (unpaired) electrons. The number of nitrogens with two attached hydrogens (primary N) is 1. The minimum absolute atomic E-state index is 0.227. The van der Waals surface area contributed by atoms with Gasteiger partial charge in [-0.05, 0) is 71.8 Å². The van der Waals surface area contributed by atoms with Gasteiger partial charge < -0.3 is 5.32 Å². The highest BCUT2D eigenvalue weighted by Crippen LogP contribution is 2.27. The van der Waals surface area contributed by atoms with Gasteiger partial charge in [0.15, 0.2) is 0 Å². The molecule has 0 fully saturated rings. The number of halogens is 1. The molecule has 3 aromatic carbocycles. The molecule has 6 heteroatoms. The van der Waals surface area contributed by atoms with Crippen LogP contribution in [0.15, 0.2) is 76.5 Å². The van der Waals surface area contributed by atoms with Crippen LogP contribution in [0.2, 0.25) is 5.02 Å². The third-order valence-corrected chi connectivity index (χ3v) is 5.45. The van der Waals surface area contributed by atoms with Crippen LogP contribution in [0, 0.1) is 0 Å². The largest absolute Gasteiger partial charge is 0.322 e. The van der Waals surface area contributed by atoms with Gasteiger partial charge in [0.1, 0.15) is 0 Å². The molecule has 0 aliphatic carbocycles. The Morgan fingerprint density at radius 1 is 0.962 bits per heavy atom. The molecule has 3 rings (SSSR count). The summed E-state index contributed by atoms with van der Waals surface area (Å²) < 4.78 is 0. The summed E-state index contributed by atoms with van der Waals surface area (Å²) in [6, 6.07) is 21.1. The van der Waals surface area contributed by atoms with Crippen LogP contribution in [0.3, 0.4) is 0 Å². The molecule has 0 spiro atoms. The van der Waals surface area contributed by atoms with Crippen LogP contribution in [0.25, 0.3) is 11.1 Å². The molecule has 0 heterocycles. The van der Waals surface area contributed by atoms with Crippen LogP contribution in [-0.4, -0.2) is 12.2 Å². The second kappa shape index (κ2) is 8.64. The van der Waals surface area contributed by atoms with Crippen molar-refractivity contribution in [3.05, 3.63) is 77.3 Å². The predicted octanol–water partition coefficient (Wildman–Crippen LogP) is 5.95. The van der Waals surface area contributed by atoms with E-state index >= 15 is 0 Å². The summed E-state index contributed by atoms with van der Waals surface area (Å²) in [6.07, 6.45) is 1.97. The molecule has 26 heavy (non-hydrogen) atoms. The molecule has 3 aromatic rings. The minimum Gasteiger partial charge on any atom is -0.322 e. The Labute approximate surface area is 166 Å². The Kier molecular flexibility index (Phi) is 6.27. The molecule has 132 valence electrons. The lowest BCUT2D eigenvalue weighted by atomic mass is 10.1. The van der Waals surface area contributed by atoms with Gasteiger partial charge in [-0.15, -0.1) is 11.8 Å². The highest BCUT2D eigenvalue weighted by atomic mass is 35.5. The second-order valence-corrected chi connectivity index (χ2v) is 7.52. The third-order valence-electron chi connectivity index (χ3n) is 3.87. The topological polar surface area (TPSA) is 55.1 Å². The SMILES string of the molecule is CSc1ccc(C(=O)Nc2cccc(-c3ccc(SN)cc3)c2)c(Cl)c1. The van der Waals surface area contributed by atoms with E-state index in [-0.39, 0.29) is 5.91 Å². The van der Waals surface area contributed by atoms with Crippen molar-refractivity contribution in [2.75, 3.05) is 11.6 Å². The zero-order valence-corrected chi connectivity index (χ0v) is 16.4. The quantitative estimate of drug-likeness (QED) is 0.410. The fourth-order valence-electron chi connectivity index (χ4n) is 2.51. The minimum atomic E-state index is -0.227. The number of amides is 1. The van der Waals surface area contributed by atoms with Gasteiger partial charge in [0, 0.05) is 15.5 Å². The highest BCUT2D eigenvalue weighted by Gasteiger charge is 2.11. The van der Waals surface area contributed by atoms with E-state index in [1.807, 2.05) is 60.9 Å². The van der Waals surface area contributed by atoms with Crippen LogP contribution in [0.1, 0.15) is 10.4 Å². The first-order valence-corrected chi connectivity index (χ1v) is 10.3. The zero-order valence-electron chi connectivity index (χ0n) is 14.0. The van der Waals surface area contributed by atoms with Gasteiger partial charge in [-0.2, -0.15) is 0 Å². The number of rotatable bonds is 5. The lowest BCUT2D eigenvalue weighted by molar-refractivity contribution is 0.102. The van der Waals surface area contributed by atoms with Crippen molar-refractivity contribution in [2.24, 2.45) is 5.14 Å². The summed E-state index contributed by atoms with van der Waals surface area (Å²) >= 11 is 9.04. The maximum atomic E-state index is 12.5. The molecule has 3 nitrogen and oxygen atoms in total. The van der Waals surface area contributed by atoms with E-state index in [0.29, 0.717) is 10.6 Å². The number of hydrogen-bond acceptors (Lipinski definition) is 4. The molecule has 0 aromatic heterocycles. The first kappa shape index (κ1) is 18.9. The van der Waals surface area contributed by atoms with Gasteiger partial charge in [0.2, 0.25) is 0 Å². The second-order valence-electron chi connectivity index (χ2n) is 5.52. The van der Waals surface area contributed by atoms with Gasteiger partial charge >= 0.3 is 0 Å². The van der Waals surface area contributed by atoms with Gasteiger partial charge in [-0.1, -0.05) is 35.9 Å². The molecular formula is C20H17ClN2OS2. The third kappa shape index (κ3) is 4.43. The summed E-state index contributed by atoms with van der Waals surface area (Å²) in [6.45, 7) is 0. The molecule has 0 aliphatic heterocycles. The average molecular weight is 401 g/mol. The van der Waals surface area contributed by atoms with E-state index in [2.05, 4.69) is 5.32 Å². The van der Waals surface area contributed by atoms with Gasteiger partial charge in [0.05, 0.1) is 10.6 Å². The number of anilines is 1. The summed E-state index contributed by atoms with van der Waals surface area (Å²) in [5, 5.41) is 8.92. The smallest absolute Gasteiger partial charge is 0.257 e. The van der Waals surface area contributed by atoms with E-state index in [1.165, 1.54) is 11.9 Å².